The first-order valence-electron chi connectivity index (χ1n) is 46.4. The number of fused-ring (bicyclic) bond motifs is 10. The van der Waals surface area contributed by atoms with Crippen LogP contribution in [0.1, 0.15) is 247 Å². The summed E-state index contributed by atoms with van der Waals surface area (Å²) < 4.78 is 72.3. The maximum Gasteiger partial charge on any atom is 0.301 e. The number of amides is 1. The average Bonchev–Trinajstić information content (AvgIpc) is 1.54. The van der Waals surface area contributed by atoms with Crippen LogP contribution < -0.4 is 0 Å². The Bertz CT molecular complexity index is 7000. The van der Waals surface area contributed by atoms with Gasteiger partial charge in [-0.2, -0.15) is 39.4 Å². The molecule has 5 fully saturated rings. The second-order valence-corrected chi connectivity index (χ2v) is 40.2. The van der Waals surface area contributed by atoms with E-state index in [-0.39, 0.29) is 83.9 Å². The zero-order chi connectivity index (χ0) is 90.9. The van der Waals surface area contributed by atoms with E-state index in [0.717, 1.165) is 105 Å². The topological polar surface area (TPSA) is 348 Å². The number of sulfonamides is 1. The molecular weight excluding hydrogens is 1680 g/mol. The molecule has 2 saturated heterocycles. The molecule has 0 radical (unpaired) electrons. The van der Waals surface area contributed by atoms with Gasteiger partial charge in [-0.3, -0.25) is 24.4 Å². The maximum absolute atomic E-state index is 15.3. The number of likely N-dealkylation sites (tertiary alicyclic amines) is 1. The number of aromatic nitrogens is 13. The predicted octanol–water partition coefficient (Wildman–Crippen LogP) is 17.8. The van der Waals surface area contributed by atoms with Gasteiger partial charge in [0, 0.05) is 253 Å². The van der Waals surface area contributed by atoms with Crippen molar-refractivity contribution in [2.45, 2.75) is 204 Å². The van der Waals surface area contributed by atoms with Gasteiger partial charge in [-0.1, -0.05) is 82.8 Å². The summed E-state index contributed by atoms with van der Waals surface area (Å²) >= 11 is 0. The third-order valence-electron chi connectivity index (χ3n) is 30.4. The second kappa shape index (κ2) is 33.8. The number of allylic oxidation sites excluding steroid dienone is 9. The first-order chi connectivity index (χ1) is 64.2. The fourth-order valence-electron chi connectivity index (χ4n) is 23.8. The highest BCUT2D eigenvalue weighted by Crippen LogP contribution is 2.58. The number of ketones is 2. The van der Waals surface area contributed by atoms with Crippen LogP contribution in [-0.2, 0) is 69.5 Å². The molecule has 5 atom stereocenters. The standard InChI is InChI=1S/C22H20N4O2.C22H23N3O.C20H18N4O.C20H20N4.C19H17F2N5O2S/c1-12(2)20(22(28)26-8-13(7-23)9-26)25-10-16-14-5-6-24-18-4-3-15(19(14)18)21(27)17(16)11-25;1-26-22-16-6-7-19-21(16)15(9-11-24-19)17-12-25(13-18(17)22)20(8-10-23)14-4-2-3-5-14;21-8-7-17(12-3-1-2-4-12)24-9-14-15(10-24)20(25)13-5-6-16-18(13)19(14)23-11-22-16;21-8-7-18(13-3-1-2-4-13)24-10-15-9-14-5-6-17-19(14)20(16(15)11-24)23-12-22-17;1-2-29(27,28)26-9-18(10-26,5-6-22)25-7-12-14(8-25)19(20,21)13-3-4-15-16(13)17(12)24-11-23-15/h3,5-6,10-13,20H,4,8-9H2,1-2H3;6,9,11-14,20,22H,2-5,7-8H2,1H3;5,9-12,17H,1-4,6-7H2;5,10-13,18H,1-4,6-7,9H2;3,7-8,11H,2,4-5,9-10H2,1H3. The third kappa shape index (κ3) is 14.1. The number of pyridine rings is 2. The number of rotatable bonds is 17. The molecule has 0 spiro atoms. The number of carbonyl (C=O) groups excluding carboxylic acids is 3. The Hall–Kier alpha value is -13.4. The van der Waals surface area contributed by atoms with Crippen molar-refractivity contribution >= 4 is 55.4 Å². The highest BCUT2D eigenvalue weighted by Gasteiger charge is 2.54. The van der Waals surface area contributed by atoms with Crippen molar-refractivity contribution in [3.05, 3.63) is 220 Å². The van der Waals surface area contributed by atoms with Crippen molar-refractivity contribution in [3.63, 3.8) is 0 Å². The van der Waals surface area contributed by atoms with Gasteiger partial charge in [-0.05, 0) is 109 Å². The van der Waals surface area contributed by atoms with Crippen LogP contribution in [0.4, 0.5) is 8.78 Å². The summed E-state index contributed by atoms with van der Waals surface area (Å²) in [5.74, 6) is -1.39. The van der Waals surface area contributed by atoms with E-state index in [4.69, 9.17) is 10.00 Å². The van der Waals surface area contributed by atoms with Crippen LogP contribution in [0.3, 0.4) is 0 Å². The van der Waals surface area contributed by atoms with E-state index in [1.54, 1.807) is 48.5 Å². The lowest BCUT2D eigenvalue weighted by molar-refractivity contribution is -0.141. The smallest absolute Gasteiger partial charge is 0.301 e. The van der Waals surface area contributed by atoms with Crippen molar-refractivity contribution in [3.8, 4) is 86.4 Å². The number of nitrogens with zero attached hydrogens (tertiary/aromatic N) is 20. The molecule has 1 amide bonds. The summed E-state index contributed by atoms with van der Waals surface area (Å²) in [6.07, 6.45) is 59.2. The van der Waals surface area contributed by atoms with E-state index in [0.29, 0.717) is 109 Å². The summed E-state index contributed by atoms with van der Waals surface area (Å²) in [5.41, 5.74) is 25.8. The molecule has 0 bridgehead atoms. The van der Waals surface area contributed by atoms with Crippen LogP contribution in [0.2, 0.25) is 0 Å². The van der Waals surface area contributed by atoms with Crippen molar-refractivity contribution in [2.75, 3.05) is 39.0 Å². The van der Waals surface area contributed by atoms with Crippen molar-refractivity contribution < 1.29 is 36.3 Å². The van der Waals surface area contributed by atoms with Crippen LogP contribution in [-0.4, -0.2) is 137 Å². The van der Waals surface area contributed by atoms with Crippen molar-refractivity contribution in [1.82, 2.24) is 71.9 Å². The first kappa shape index (κ1) is 85.4. The number of nitriles is 5. The molecule has 26 nitrogen and oxygen atoms in total. The van der Waals surface area contributed by atoms with E-state index in [1.165, 1.54) is 137 Å². The normalized spacial score (nSPS) is 20.0. The number of methoxy groups -OCH3 is 1. The van der Waals surface area contributed by atoms with Crippen LogP contribution in [0.15, 0.2) is 136 Å². The molecule has 15 aliphatic rings. The fourth-order valence-corrected chi connectivity index (χ4v) is 25.0. The maximum atomic E-state index is 15.3. The minimum absolute atomic E-state index is 0.0106. The Morgan fingerprint density at radius 3 is 1.61 bits per heavy atom. The van der Waals surface area contributed by atoms with Crippen molar-refractivity contribution in [2.24, 2.45) is 29.6 Å². The molecule has 10 aromatic heterocycles. The Labute approximate surface area is 764 Å². The van der Waals surface area contributed by atoms with E-state index >= 15 is 8.78 Å². The van der Waals surface area contributed by atoms with Gasteiger partial charge in [0.2, 0.25) is 15.9 Å². The Morgan fingerprint density at radius 2 is 1.02 bits per heavy atom. The number of hydrogen-bond acceptors (Lipinski definition) is 19. The van der Waals surface area contributed by atoms with Gasteiger partial charge in [-0.25, -0.2) is 38.3 Å². The van der Waals surface area contributed by atoms with E-state index in [9.17, 15) is 43.8 Å². The molecule has 13 aliphatic carbocycles. The fraction of sp³-hybridized carbons (Fsp3) is 0.417. The van der Waals surface area contributed by atoms with Crippen LogP contribution in [0.25, 0.3) is 83.9 Å². The average molecular weight is 1780 g/mol. The third-order valence-corrected chi connectivity index (χ3v) is 32.2. The van der Waals surface area contributed by atoms with Crippen molar-refractivity contribution in [1.29, 1.82) is 26.3 Å². The largest absolute Gasteiger partial charge is 0.372 e. The SMILES string of the molecule is CC(C)C(C(=O)N1CC(C#N)C1)n1cc2c(c1)-c1ccnc3c1C(=CC3)C2=O.CCS(=O)(=O)N1CC(CC#N)(n2cc3c(c2)C(F)(F)C2=CCc4ncnc-3c42)C1.COC1C2=CCc3nccc(c32)-c2cn(C(CC#N)C3CCCC3)cc21.N#CCC(C1CCCC1)n1cc2c(c1)-c1ncnc3c1C(=CC3)C2.N#CCC(C1CCCC1)n1cc2c(c1)-c1ncnc3c1C(=CC3)C2=O. The lowest BCUT2D eigenvalue weighted by atomic mass is 9.84. The quantitative estimate of drug-likeness (QED) is 0.0817. The Morgan fingerprint density at radius 1 is 0.523 bits per heavy atom. The summed E-state index contributed by atoms with van der Waals surface area (Å²) in [7, 11) is -1.62. The zero-order valence-electron chi connectivity index (χ0n) is 74.1. The molecule has 25 rings (SSSR count). The number of halogens is 2. The summed E-state index contributed by atoms with van der Waals surface area (Å²) in [6.45, 7) is 6.72. The monoisotopic (exact) mass is 1780 g/mol. The van der Waals surface area contributed by atoms with Crippen LogP contribution in [0.5, 0.6) is 0 Å². The summed E-state index contributed by atoms with van der Waals surface area (Å²) in [6, 6.07) is 15.9. The molecule has 0 aromatic carbocycles. The molecule has 29 heteroatoms. The van der Waals surface area contributed by atoms with Gasteiger partial charge >= 0.3 is 5.92 Å². The Kier molecular flexibility index (Phi) is 21.9. The molecule has 3 saturated carbocycles. The molecular formula is C103H98F2N20O6S. The van der Waals surface area contributed by atoms with E-state index in [2.05, 4.69) is 127 Å². The van der Waals surface area contributed by atoms with Crippen LogP contribution >= 0.6 is 0 Å². The number of alkyl halides is 2. The predicted molar refractivity (Wildman–Crippen MR) is 489 cm³/mol. The van der Waals surface area contributed by atoms with Gasteiger partial charge in [0.1, 0.15) is 31.1 Å². The molecule has 5 unspecified atom stereocenters. The highest BCUT2D eigenvalue weighted by molar-refractivity contribution is 7.89. The number of hydrogen-bond donors (Lipinski definition) is 0. The minimum atomic E-state index is -3.40. The van der Waals surface area contributed by atoms with Gasteiger partial charge in [-0.15, -0.1) is 0 Å². The number of Topliss-reactive ketones (excluding diaryl/α,β-unsaturated/α-hetero) is 2. The second-order valence-electron chi connectivity index (χ2n) is 38.0. The van der Waals surface area contributed by atoms with Gasteiger partial charge in [0.15, 0.2) is 11.6 Å². The van der Waals surface area contributed by atoms with Crippen LogP contribution in [0, 0.1) is 86.2 Å². The lowest BCUT2D eigenvalue weighted by Gasteiger charge is -2.49. The lowest BCUT2D eigenvalue weighted by Crippen LogP contribution is -2.63. The van der Waals surface area contributed by atoms with E-state index < -0.39 is 27.5 Å². The van der Waals surface area contributed by atoms with Gasteiger partial charge in [0.05, 0.1) is 124 Å². The molecule has 10 aromatic rings. The number of carbonyl (C=O) groups is 3. The molecule has 666 valence electrons. The summed E-state index contributed by atoms with van der Waals surface area (Å²) in [5, 5.41) is 46.3. The van der Waals surface area contributed by atoms with E-state index in [1.807, 2.05) is 67.6 Å². The molecule has 132 heavy (non-hydrogen) atoms. The van der Waals surface area contributed by atoms with Gasteiger partial charge < -0.3 is 32.5 Å². The molecule has 0 N–H and O–H groups in total. The zero-order valence-corrected chi connectivity index (χ0v) is 74.9. The molecule has 2 aliphatic heterocycles. The highest BCUT2D eigenvalue weighted by atomic mass is 32.2. The molecule has 12 heterocycles. The minimum Gasteiger partial charge on any atom is -0.372 e. The Balaban J connectivity index is 0.0000000996. The first-order valence-corrected chi connectivity index (χ1v) is 48.0. The number of ether oxygens (including phenoxy) is 1. The summed E-state index contributed by atoms with van der Waals surface area (Å²) in [4.78, 5) is 76.1. The van der Waals surface area contributed by atoms with Gasteiger partial charge in [0.25, 0.3) is 0 Å².